The third-order valence-electron chi connectivity index (χ3n) is 13.3. The Bertz CT molecular complexity index is 933. The van der Waals surface area contributed by atoms with Crippen LogP contribution in [0.2, 0.25) is 0 Å². The lowest BCUT2D eigenvalue weighted by molar-refractivity contribution is -0.203. The van der Waals surface area contributed by atoms with E-state index >= 15 is 0 Å². The second kappa shape index (κ2) is 7.30. The highest BCUT2D eigenvalue weighted by molar-refractivity contribution is 5.84. The average molecular weight is 469 g/mol. The zero-order chi connectivity index (χ0) is 24.9. The molecule has 0 radical (unpaired) electrons. The molecule has 4 fully saturated rings. The van der Waals surface area contributed by atoms with E-state index in [4.69, 9.17) is 0 Å². The number of carbonyl (C=O) groups excluding carboxylic acids is 2. The number of carbonyl (C=O) groups is 2. The van der Waals surface area contributed by atoms with Crippen LogP contribution in [0.3, 0.4) is 0 Å². The number of Topliss-reactive ketones (excluding diaryl/α,β-unsaturated/α-hetero) is 1. The van der Waals surface area contributed by atoms with Crippen LogP contribution in [0.4, 0.5) is 0 Å². The smallest absolute Gasteiger partial charge is 0.136 e. The van der Waals surface area contributed by atoms with Crippen LogP contribution < -0.4 is 0 Å². The first-order valence-electron chi connectivity index (χ1n) is 14.1. The zero-order valence-corrected chi connectivity index (χ0v) is 22.8. The summed E-state index contributed by atoms with van der Waals surface area (Å²) < 4.78 is 0. The Hall–Kier alpha value is -0.960. The van der Waals surface area contributed by atoms with Crippen LogP contribution >= 0.6 is 0 Å². The van der Waals surface area contributed by atoms with Crippen LogP contribution in [-0.2, 0) is 9.59 Å². The van der Waals surface area contributed by atoms with Crippen LogP contribution in [0.25, 0.3) is 0 Å². The fourth-order valence-electron chi connectivity index (χ4n) is 10.7. The van der Waals surface area contributed by atoms with Gasteiger partial charge in [0.1, 0.15) is 12.1 Å². The number of allylic oxidation sites excluding steroid dienone is 2. The minimum absolute atomic E-state index is 0.0634. The Labute approximate surface area is 207 Å². The van der Waals surface area contributed by atoms with Crippen molar-refractivity contribution in [2.45, 2.75) is 119 Å². The van der Waals surface area contributed by atoms with Crippen LogP contribution in [0, 0.1) is 50.2 Å². The Morgan fingerprint density at radius 3 is 2.26 bits per heavy atom. The predicted molar refractivity (Wildman–Crippen MR) is 136 cm³/mol. The summed E-state index contributed by atoms with van der Waals surface area (Å²) in [7, 11) is 0. The SMILES string of the molecule is CC(=O)[C@]12CCC(C)(C)C[C@H]1C1=CC[C@@H]3[C@@]4(C)CC[C@H](O)[C@@](C)(C=O)[C@@H]4CC[C@@]3(C)[C@]1(C)CC2. The third-order valence-corrected chi connectivity index (χ3v) is 13.3. The molecule has 0 unspecified atom stereocenters. The molecule has 4 saturated carbocycles. The number of fused-ring (bicyclic) bond motifs is 7. The summed E-state index contributed by atoms with van der Waals surface area (Å²) in [5.41, 5.74) is 1.44. The van der Waals surface area contributed by atoms with E-state index in [2.05, 4.69) is 40.7 Å². The molecule has 0 aromatic carbocycles. The van der Waals surface area contributed by atoms with Gasteiger partial charge in [0.25, 0.3) is 0 Å². The topological polar surface area (TPSA) is 54.4 Å². The van der Waals surface area contributed by atoms with E-state index in [0.29, 0.717) is 17.6 Å². The normalized spacial score (nSPS) is 53.9. The molecule has 0 amide bonds. The molecule has 3 heteroatoms. The van der Waals surface area contributed by atoms with Crippen molar-refractivity contribution >= 4 is 12.1 Å². The molecule has 0 aliphatic heterocycles. The van der Waals surface area contributed by atoms with Gasteiger partial charge in [-0.2, -0.15) is 0 Å². The largest absolute Gasteiger partial charge is 0.392 e. The van der Waals surface area contributed by atoms with Gasteiger partial charge in [0.05, 0.1) is 11.5 Å². The van der Waals surface area contributed by atoms with Crippen molar-refractivity contribution in [3.8, 4) is 0 Å². The number of aliphatic hydroxyl groups excluding tert-OH is 1. The molecule has 0 heterocycles. The lowest BCUT2D eigenvalue weighted by Gasteiger charge is -2.71. The molecule has 1 N–H and O–H groups in total. The maximum Gasteiger partial charge on any atom is 0.136 e. The van der Waals surface area contributed by atoms with Crippen LogP contribution in [0.1, 0.15) is 113 Å². The summed E-state index contributed by atoms with van der Waals surface area (Å²) in [5.74, 6) is 1.55. The Kier molecular flexibility index (Phi) is 5.31. The molecule has 9 atom stereocenters. The van der Waals surface area contributed by atoms with Crippen molar-refractivity contribution in [2.24, 2.45) is 50.2 Å². The Morgan fingerprint density at radius 2 is 1.62 bits per heavy atom. The van der Waals surface area contributed by atoms with E-state index in [9.17, 15) is 14.7 Å². The minimum atomic E-state index is -0.636. The van der Waals surface area contributed by atoms with E-state index in [1.165, 1.54) is 0 Å². The van der Waals surface area contributed by atoms with Gasteiger partial charge in [-0.15, -0.1) is 0 Å². The van der Waals surface area contributed by atoms with E-state index in [1.807, 2.05) is 13.8 Å². The van der Waals surface area contributed by atoms with E-state index in [0.717, 1.165) is 70.5 Å². The number of aldehydes is 1. The highest BCUT2D eigenvalue weighted by atomic mass is 16.3. The first-order valence-corrected chi connectivity index (χ1v) is 14.1. The van der Waals surface area contributed by atoms with E-state index < -0.39 is 11.5 Å². The average Bonchev–Trinajstić information content (AvgIpc) is 2.76. The summed E-state index contributed by atoms with van der Waals surface area (Å²) in [5, 5.41) is 10.9. The van der Waals surface area contributed by atoms with Crippen LogP contribution in [-0.4, -0.2) is 23.3 Å². The van der Waals surface area contributed by atoms with Crippen molar-refractivity contribution < 1.29 is 14.7 Å². The Balaban J connectivity index is 1.60. The first kappa shape index (κ1) is 24.7. The van der Waals surface area contributed by atoms with Gasteiger partial charge in [-0.1, -0.05) is 53.2 Å². The summed E-state index contributed by atoms with van der Waals surface area (Å²) in [6, 6.07) is 0. The van der Waals surface area contributed by atoms with Gasteiger partial charge in [-0.25, -0.2) is 0 Å². The number of hydrogen-bond donors (Lipinski definition) is 1. The molecule has 5 rings (SSSR count). The van der Waals surface area contributed by atoms with Crippen molar-refractivity contribution in [2.75, 3.05) is 0 Å². The van der Waals surface area contributed by atoms with Crippen LogP contribution in [0.5, 0.6) is 0 Å². The van der Waals surface area contributed by atoms with Crippen molar-refractivity contribution in [1.82, 2.24) is 0 Å². The lowest BCUT2D eigenvalue weighted by Crippen LogP contribution is -2.65. The fourth-order valence-corrected chi connectivity index (χ4v) is 10.7. The second-order valence-corrected chi connectivity index (χ2v) is 15.0. The highest BCUT2D eigenvalue weighted by Gasteiger charge is 2.69. The Morgan fingerprint density at radius 1 is 0.941 bits per heavy atom. The van der Waals surface area contributed by atoms with Crippen molar-refractivity contribution in [3.05, 3.63) is 11.6 Å². The third kappa shape index (κ3) is 2.86. The molecule has 0 saturated heterocycles. The highest BCUT2D eigenvalue weighted by Crippen LogP contribution is 2.75. The quantitative estimate of drug-likeness (QED) is 0.353. The zero-order valence-electron chi connectivity index (χ0n) is 22.8. The fraction of sp³-hybridized carbons (Fsp3) is 0.871. The number of ketones is 1. The lowest BCUT2D eigenvalue weighted by atomic mass is 9.33. The molecule has 0 bridgehead atoms. The van der Waals surface area contributed by atoms with Gasteiger partial charge in [-0.05, 0) is 111 Å². The van der Waals surface area contributed by atoms with Gasteiger partial charge >= 0.3 is 0 Å². The number of rotatable bonds is 2. The van der Waals surface area contributed by atoms with Gasteiger partial charge in [0, 0.05) is 5.41 Å². The summed E-state index contributed by atoms with van der Waals surface area (Å²) in [4.78, 5) is 25.5. The minimum Gasteiger partial charge on any atom is -0.392 e. The molecule has 34 heavy (non-hydrogen) atoms. The molecular weight excluding hydrogens is 420 g/mol. The molecule has 5 aliphatic carbocycles. The van der Waals surface area contributed by atoms with E-state index in [-0.39, 0.29) is 33.0 Å². The first-order chi connectivity index (χ1) is 15.7. The maximum atomic E-state index is 13.2. The molecule has 0 aromatic heterocycles. The molecule has 0 spiro atoms. The van der Waals surface area contributed by atoms with Crippen LogP contribution in [0.15, 0.2) is 11.6 Å². The second-order valence-electron chi connectivity index (χ2n) is 15.0. The summed E-state index contributed by atoms with van der Waals surface area (Å²) >= 11 is 0. The van der Waals surface area contributed by atoms with E-state index in [1.54, 1.807) is 5.57 Å². The predicted octanol–water partition coefficient (Wildman–Crippen LogP) is 6.92. The summed E-state index contributed by atoms with van der Waals surface area (Å²) in [6.07, 6.45) is 13.6. The standard InChI is InChI=1S/C31H48O3/c1-20(33)31-16-14-26(2,3)18-22(31)21-8-9-24-27(4)12-11-25(34)28(5,19-32)23(27)10-13-30(24,7)29(21,6)15-17-31/h8,19,22-25,34H,9-18H2,1-7H3/t22-,23+,24+,25-,27-,28-,29+,30+,31+/m0/s1. The monoisotopic (exact) mass is 468 g/mol. The van der Waals surface area contributed by atoms with Gasteiger partial charge in [-0.3, -0.25) is 4.79 Å². The summed E-state index contributed by atoms with van der Waals surface area (Å²) in [6.45, 7) is 16.2. The number of hydrogen-bond acceptors (Lipinski definition) is 3. The molecular formula is C31H48O3. The number of aliphatic hydroxyl groups is 1. The molecule has 3 nitrogen and oxygen atoms in total. The van der Waals surface area contributed by atoms with Gasteiger partial charge < -0.3 is 9.90 Å². The van der Waals surface area contributed by atoms with Gasteiger partial charge in [0.2, 0.25) is 0 Å². The molecule has 0 aromatic rings. The maximum absolute atomic E-state index is 13.2. The van der Waals surface area contributed by atoms with Crippen molar-refractivity contribution in [3.63, 3.8) is 0 Å². The molecule has 5 aliphatic rings. The van der Waals surface area contributed by atoms with Gasteiger partial charge in [0.15, 0.2) is 0 Å². The molecule has 190 valence electrons. The van der Waals surface area contributed by atoms with Crippen molar-refractivity contribution in [1.29, 1.82) is 0 Å².